The highest BCUT2D eigenvalue weighted by Crippen LogP contribution is 2.34. The summed E-state index contributed by atoms with van der Waals surface area (Å²) in [6, 6.07) is 0. The minimum absolute atomic E-state index is 0.299. The summed E-state index contributed by atoms with van der Waals surface area (Å²) in [6.07, 6.45) is 30.3. The van der Waals surface area contributed by atoms with Crippen LogP contribution in [0.3, 0.4) is 0 Å². The Bertz CT molecular complexity index is 308. The summed E-state index contributed by atoms with van der Waals surface area (Å²) in [5, 5.41) is 0. The van der Waals surface area contributed by atoms with Crippen molar-refractivity contribution in [1.29, 1.82) is 0 Å². The molecule has 0 aromatic heterocycles. The van der Waals surface area contributed by atoms with E-state index in [1.54, 1.807) is 0 Å². The van der Waals surface area contributed by atoms with E-state index in [1.807, 2.05) is 0 Å². The van der Waals surface area contributed by atoms with Crippen molar-refractivity contribution in [1.82, 2.24) is 0 Å². The van der Waals surface area contributed by atoms with Crippen molar-refractivity contribution in [3.63, 3.8) is 0 Å². The summed E-state index contributed by atoms with van der Waals surface area (Å²) < 4.78 is 0.299. The van der Waals surface area contributed by atoms with Gasteiger partial charge in [-0.3, -0.25) is 0 Å². The Balaban J connectivity index is 3.97. The first-order chi connectivity index (χ1) is 14.2. The molecule has 0 aromatic carbocycles. The van der Waals surface area contributed by atoms with Crippen LogP contribution in [0.2, 0.25) is 0 Å². The monoisotopic (exact) mass is 462 g/mol. The van der Waals surface area contributed by atoms with E-state index in [0.29, 0.717) is 4.75 Å². The molecule has 0 bridgehead atoms. The van der Waals surface area contributed by atoms with E-state index in [1.165, 1.54) is 141 Å². The molecule has 1 atom stereocenters. The SMILES string of the molecule is CCCCCCCCCCCC(S)(CCCCCCS)CCCCCCCCS. The van der Waals surface area contributed by atoms with Crippen LogP contribution < -0.4 is 0 Å². The molecule has 0 saturated heterocycles. The van der Waals surface area contributed by atoms with Crippen LogP contribution in [0, 0.1) is 0 Å². The molecule has 0 spiro atoms. The van der Waals surface area contributed by atoms with Crippen molar-refractivity contribution in [3.8, 4) is 0 Å². The normalized spacial score (nSPS) is 13.7. The van der Waals surface area contributed by atoms with E-state index in [-0.39, 0.29) is 0 Å². The van der Waals surface area contributed by atoms with Gasteiger partial charge in [0, 0.05) is 4.75 Å². The molecular formula is C26H54S3. The smallest absolute Gasteiger partial charge is 0.0130 e. The maximum Gasteiger partial charge on any atom is 0.0130 e. The van der Waals surface area contributed by atoms with Gasteiger partial charge in [-0.2, -0.15) is 37.9 Å². The average molecular weight is 463 g/mol. The molecule has 0 amide bonds. The molecule has 0 rings (SSSR count). The topological polar surface area (TPSA) is 0 Å². The largest absolute Gasteiger partial charge is 0.179 e. The van der Waals surface area contributed by atoms with Gasteiger partial charge in [0.2, 0.25) is 0 Å². The second-order valence-corrected chi connectivity index (χ2v) is 11.1. The average Bonchev–Trinajstić information content (AvgIpc) is 2.72. The molecule has 0 saturated carbocycles. The summed E-state index contributed by atoms with van der Waals surface area (Å²) >= 11 is 13.9. The Hall–Kier alpha value is 1.05. The Morgan fingerprint density at radius 3 is 1.00 bits per heavy atom. The van der Waals surface area contributed by atoms with Crippen LogP contribution in [0.5, 0.6) is 0 Å². The van der Waals surface area contributed by atoms with Crippen LogP contribution in [0.15, 0.2) is 0 Å². The van der Waals surface area contributed by atoms with Crippen LogP contribution in [-0.2, 0) is 0 Å². The quantitative estimate of drug-likeness (QED) is 0.0921. The lowest BCUT2D eigenvalue weighted by atomic mass is 9.88. The predicted molar refractivity (Wildman–Crippen MR) is 147 cm³/mol. The molecule has 0 aromatic rings. The van der Waals surface area contributed by atoms with Crippen LogP contribution >= 0.6 is 37.9 Å². The molecule has 0 aliphatic rings. The molecule has 0 nitrogen and oxygen atoms in total. The third-order valence-corrected chi connectivity index (χ3v) is 7.65. The van der Waals surface area contributed by atoms with Crippen LogP contribution in [-0.4, -0.2) is 16.3 Å². The first-order valence-corrected chi connectivity index (χ1v) is 14.8. The fourth-order valence-electron chi connectivity index (χ4n) is 4.33. The van der Waals surface area contributed by atoms with Crippen LogP contribution in [0.1, 0.15) is 148 Å². The molecule has 176 valence electrons. The molecular weight excluding hydrogens is 408 g/mol. The first kappa shape index (κ1) is 30.0. The standard InChI is InChI=1S/C26H54S3/c1-2-3-4-5-6-7-8-11-16-21-26(29,23-18-13-15-20-25-28)22-17-12-9-10-14-19-24-27/h27-29H,2-25H2,1H3. The molecule has 29 heavy (non-hydrogen) atoms. The van der Waals surface area contributed by atoms with E-state index in [2.05, 4.69) is 32.2 Å². The minimum Gasteiger partial charge on any atom is -0.179 e. The number of hydrogen-bond acceptors (Lipinski definition) is 3. The lowest BCUT2D eigenvalue weighted by Crippen LogP contribution is -2.21. The van der Waals surface area contributed by atoms with Gasteiger partial charge in [-0.15, -0.1) is 0 Å². The van der Waals surface area contributed by atoms with Gasteiger partial charge in [0.15, 0.2) is 0 Å². The van der Waals surface area contributed by atoms with Gasteiger partial charge in [-0.25, -0.2) is 0 Å². The molecule has 0 aliphatic carbocycles. The summed E-state index contributed by atoms with van der Waals surface area (Å²) in [5.74, 6) is 2.09. The first-order valence-electron chi connectivity index (χ1n) is 13.1. The zero-order chi connectivity index (χ0) is 21.5. The highest BCUT2D eigenvalue weighted by Gasteiger charge is 2.23. The van der Waals surface area contributed by atoms with Gasteiger partial charge in [-0.1, -0.05) is 116 Å². The van der Waals surface area contributed by atoms with Gasteiger partial charge < -0.3 is 0 Å². The lowest BCUT2D eigenvalue weighted by molar-refractivity contribution is 0.407. The molecule has 0 heterocycles. The molecule has 1 unspecified atom stereocenters. The summed E-state index contributed by atoms with van der Waals surface area (Å²) in [4.78, 5) is 0. The lowest BCUT2D eigenvalue weighted by Gasteiger charge is -2.29. The molecule has 0 radical (unpaired) electrons. The van der Waals surface area contributed by atoms with Crippen LogP contribution in [0.25, 0.3) is 0 Å². The Morgan fingerprint density at radius 2 is 0.690 bits per heavy atom. The molecule has 0 N–H and O–H groups in total. The second kappa shape index (κ2) is 23.7. The van der Waals surface area contributed by atoms with Crippen molar-refractivity contribution >= 4 is 37.9 Å². The summed E-state index contributed by atoms with van der Waals surface area (Å²) in [5.41, 5.74) is 0. The summed E-state index contributed by atoms with van der Waals surface area (Å²) in [7, 11) is 0. The van der Waals surface area contributed by atoms with E-state index < -0.39 is 0 Å². The van der Waals surface area contributed by atoms with E-state index >= 15 is 0 Å². The maximum atomic E-state index is 5.26. The highest BCUT2D eigenvalue weighted by atomic mass is 32.1. The van der Waals surface area contributed by atoms with Crippen molar-refractivity contribution < 1.29 is 0 Å². The predicted octanol–water partition coefficient (Wildman–Crippen LogP) is 10.1. The highest BCUT2D eigenvalue weighted by molar-refractivity contribution is 7.81. The van der Waals surface area contributed by atoms with Crippen molar-refractivity contribution in [3.05, 3.63) is 0 Å². The zero-order valence-corrected chi connectivity index (χ0v) is 22.5. The number of thiol groups is 3. The van der Waals surface area contributed by atoms with Gasteiger partial charge >= 0.3 is 0 Å². The molecule has 3 heteroatoms. The Kier molecular flexibility index (Phi) is 24.6. The van der Waals surface area contributed by atoms with Crippen LogP contribution in [0.4, 0.5) is 0 Å². The zero-order valence-electron chi connectivity index (χ0n) is 19.8. The van der Waals surface area contributed by atoms with Gasteiger partial charge in [0.25, 0.3) is 0 Å². The second-order valence-electron chi connectivity index (χ2n) is 9.29. The van der Waals surface area contributed by atoms with E-state index in [4.69, 9.17) is 12.6 Å². The number of rotatable bonds is 24. The third-order valence-electron chi connectivity index (χ3n) is 6.35. The van der Waals surface area contributed by atoms with E-state index in [0.717, 1.165) is 11.5 Å². The Labute approximate surface area is 201 Å². The minimum atomic E-state index is 0.299. The fourth-order valence-corrected chi connectivity index (χ4v) is 5.25. The molecule has 0 aliphatic heterocycles. The van der Waals surface area contributed by atoms with Gasteiger partial charge in [0.1, 0.15) is 0 Å². The van der Waals surface area contributed by atoms with Crippen molar-refractivity contribution in [2.75, 3.05) is 11.5 Å². The van der Waals surface area contributed by atoms with Crippen molar-refractivity contribution in [2.24, 2.45) is 0 Å². The third kappa shape index (κ3) is 22.0. The molecule has 0 fully saturated rings. The van der Waals surface area contributed by atoms with Gasteiger partial charge in [-0.05, 0) is 43.6 Å². The Morgan fingerprint density at radius 1 is 0.414 bits per heavy atom. The van der Waals surface area contributed by atoms with E-state index in [9.17, 15) is 0 Å². The number of hydrogen-bond donors (Lipinski definition) is 3. The van der Waals surface area contributed by atoms with Crippen molar-refractivity contribution in [2.45, 2.75) is 153 Å². The summed E-state index contributed by atoms with van der Waals surface area (Å²) in [6.45, 7) is 2.30. The number of unbranched alkanes of at least 4 members (excludes halogenated alkanes) is 16. The maximum absolute atomic E-state index is 5.26. The fraction of sp³-hybridized carbons (Fsp3) is 1.00. The van der Waals surface area contributed by atoms with Gasteiger partial charge in [0.05, 0.1) is 0 Å².